The number of guanidine groups is 1. The number of nitrogens with zero attached hydrogens (tertiary/aromatic N) is 1. The summed E-state index contributed by atoms with van der Waals surface area (Å²) < 4.78 is 10.8. The van der Waals surface area contributed by atoms with E-state index in [1.807, 2.05) is 42.5 Å². The molecule has 5 heteroatoms. The average molecular weight is 327 g/mol. The van der Waals surface area contributed by atoms with Crippen molar-refractivity contribution in [2.75, 3.05) is 27.3 Å². The molecule has 2 aromatic rings. The molecule has 24 heavy (non-hydrogen) atoms. The Balaban J connectivity index is 1.61. The second-order valence-electron chi connectivity index (χ2n) is 5.22. The van der Waals surface area contributed by atoms with E-state index in [2.05, 4.69) is 27.8 Å². The Morgan fingerprint density at radius 3 is 2.33 bits per heavy atom. The molecule has 0 bridgehead atoms. The first-order chi connectivity index (χ1) is 11.8. The highest BCUT2D eigenvalue weighted by atomic mass is 16.5. The van der Waals surface area contributed by atoms with Crippen molar-refractivity contribution in [2.24, 2.45) is 4.99 Å². The van der Waals surface area contributed by atoms with E-state index in [0.717, 1.165) is 37.0 Å². The fourth-order valence-electron chi connectivity index (χ4n) is 2.14. The van der Waals surface area contributed by atoms with Gasteiger partial charge in [-0.3, -0.25) is 4.99 Å². The zero-order chi connectivity index (χ0) is 17.0. The number of methoxy groups -OCH3 is 1. The molecule has 0 aliphatic carbocycles. The van der Waals surface area contributed by atoms with Crippen molar-refractivity contribution in [3.8, 4) is 11.5 Å². The number of aliphatic imine (C=N–C) groups is 1. The normalized spacial score (nSPS) is 11.0. The summed E-state index contributed by atoms with van der Waals surface area (Å²) in [4.78, 5) is 4.22. The quantitative estimate of drug-likeness (QED) is 0.445. The van der Waals surface area contributed by atoms with Gasteiger partial charge in [0.15, 0.2) is 5.96 Å². The summed E-state index contributed by atoms with van der Waals surface area (Å²) in [5.41, 5.74) is 1.23. The number of benzene rings is 2. The van der Waals surface area contributed by atoms with Gasteiger partial charge in [0.1, 0.15) is 11.5 Å². The van der Waals surface area contributed by atoms with Gasteiger partial charge in [0.25, 0.3) is 0 Å². The molecule has 2 aromatic carbocycles. The summed E-state index contributed by atoms with van der Waals surface area (Å²) in [6.45, 7) is 2.20. The molecular weight excluding hydrogens is 302 g/mol. The highest BCUT2D eigenvalue weighted by Gasteiger charge is 1.99. The van der Waals surface area contributed by atoms with Crippen LogP contribution in [-0.4, -0.2) is 33.3 Å². The van der Waals surface area contributed by atoms with Crippen LogP contribution in [0.4, 0.5) is 0 Å². The average Bonchev–Trinajstić information content (AvgIpc) is 2.65. The van der Waals surface area contributed by atoms with Crippen molar-refractivity contribution in [3.63, 3.8) is 0 Å². The van der Waals surface area contributed by atoms with E-state index in [0.29, 0.717) is 6.61 Å². The number of nitrogens with one attached hydrogen (secondary N) is 2. The van der Waals surface area contributed by atoms with Gasteiger partial charge in [-0.2, -0.15) is 0 Å². The first kappa shape index (κ1) is 17.7. The van der Waals surface area contributed by atoms with E-state index in [-0.39, 0.29) is 0 Å². The Hall–Kier alpha value is -2.69. The lowest BCUT2D eigenvalue weighted by Crippen LogP contribution is -2.37. The minimum Gasteiger partial charge on any atom is -0.497 e. The predicted molar refractivity (Wildman–Crippen MR) is 97.7 cm³/mol. The molecule has 5 nitrogen and oxygen atoms in total. The van der Waals surface area contributed by atoms with Crippen molar-refractivity contribution in [2.45, 2.75) is 13.0 Å². The van der Waals surface area contributed by atoms with Gasteiger partial charge >= 0.3 is 0 Å². The Kier molecular flexibility index (Phi) is 7.47. The van der Waals surface area contributed by atoms with Crippen LogP contribution in [0.5, 0.6) is 11.5 Å². The van der Waals surface area contributed by atoms with Crippen LogP contribution in [0.1, 0.15) is 12.0 Å². The molecule has 0 saturated heterocycles. The van der Waals surface area contributed by atoms with Crippen molar-refractivity contribution in [1.82, 2.24) is 10.6 Å². The molecule has 0 amide bonds. The summed E-state index contributed by atoms with van der Waals surface area (Å²) in [5.74, 6) is 2.47. The second-order valence-corrected chi connectivity index (χ2v) is 5.22. The standard InChI is InChI=1S/C19H25N3O2/c1-20-19(22-15-16-7-4-3-5-8-16)21-13-6-14-24-18-11-9-17(23-2)10-12-18/h3-5,7-12H,6,13-15H2,1-2H3,(H2,20,21,22). The molecule has 0 radical (unpaired) electrons. The molecule has 0 spiro atoms. The maximum atomic E-state index is 5.69. The van der Waals surface area contributed by atoms with Gasteiger partial charge in [-0.05, 0) is 36.2 Å². The lowest BCUT2D eigenvalue weighted by Gasteiger charge is -2.12. The van der Waals surface area contributed by atoms with E-state index >= 15 is 0 Å². The van der Waals surface area contributed by atoms with Crippen molar-refractivity contribution >= 4 is 5.96 Å². The predicted octanol–water partition coefficient (Wildman–Crippen LogP) is 2.83. The zero-order valence-corrected chi connectivity index (χ0v) is 14.3. The SMILES string of the molecule is CN=C(NCCCOc1ccc(OC)cc1)NCc1ccccc1. The van der Waals surface area contributed by atoms with E-state index in [9.17, 15) is 0 Å². The molecule has 0 unspecified atom stereocenters. The third-order valence-corrected chi connectivity index (χ3v) is 3.47. The fourth-order valence-corrected chi connectivity index (χ4v) is 2.14. The number of hydrogen-bond donors (Lipinski definition) is 2. The van der Waals surface area contributed by atoms with Crippen LogP contribution >= 0.6 is 0 Å². The highest BCUT2D eigenvalue weighted by molar-refractivity contribution is 5.79. The maximum absolute atomic E-state index is 5.69. The second kappa shape index (κ2) is 10.2. The Bertz CT molecular complexity index is 612. The van der Waals surface area contributed by atoms with Gasteiger partial charge in [-0.1, -0.05) is 30.3 Å². The van der Waals surface area contributed by atoms with Crippen LogP contribution in [0.3, 0.4) is 0 Å². The van der Waals surface area contributed by atoms with Crippen molar-refractivity contribution in [3.05, 3.63) is 60.2 Å². The molecule has 2 rings (SSSR count). The molecule has 0 aliphatic rings. The van der Waals surface area contributed by atoms with E-state index < -0.39 is 0 Å². The van der Waals surface area contributed by atoms with Crippen LogP contribution in [0.25, 0.3) is 0 Å². The maximum Gasteiger partial charge on any atom is 0.191 e. The van der Waals surface area contributed by atoms with E-state index in [4.69, 9.17) is 9.47 Å². The first-order valence-corrected chi connectivity index (χ1v) is 8.07. The molecule has 0 heterocycles. The van der Waals surface area contributed by atoms with E-state index in [1.54, 1.807) is 14.2 Å². The zero-order valence-electron chi connectivity index (χ0n) is 14.3. The summed E-state index contributed by atoms with van der Waals surface area (Å²) in [7, 11) is 3.43. The highest BCUT2D eigenvalue weighted by Crippen LogP contribution is 2.16. The monoisotopic (exact) mass is 327 g/mol. The number of rotatable bonds is 8. The van der Waals surface area contributed by atoms with Crippen molar-refractivity contribution < 1.29 is 9.47 Å². The summed E-state index contributed by atoms with van der Waals surface area (Å²) in [6.07, 6.45) is 0.887. The largest absolute Gasteiger partial charge is 0.497 e. The summed E-state index contributed by atoms with van der Waals surface area (Å²) >= 11 is 0. The first-order valence-electron chi connectivity index (χ1n) is 8.07. The van der Waals surface area contributed by atoms with Crippen LogP contribution in [0.2, 0.25) is 0 Å². The molecule has 0 atom stereocenters. The van der Waals surface area contributed by atoms with Gasteiger partial charge in [0.05, 0.1) is 13.7 Å². The van der Waals surface area contributed by atoms with Crippen LogP contribution < -0.4 is 20.1 Å². The van der Waals surface area contributed by atoms with Crippen molar-refractivity contribution in [1.29, 1.82) is 0 Å². The Morgan fingerprint density at radius 2 is 1.67 bits per heavy atom. The Labute approximate surface area is 143 Å². The van der Waals surface area contributed by atoms with Crippen LogP contribution in [0, 0.1) is 0 Å². The molecule has 0 saturated carbocycles. The summed E-state index contributed by atoms with van der Waals surface area (Å²) in [5, 5.41) is 6.57. The Morgan fingerprint density at radius 1 is 0.958 bits per heavy atom. The van der Waals surface area contributed by atoms with Gasteiger partial charge in [0.2, 0.25) is 0 Å². The molecule has 0 aliphatic heterocycles. The van der Waals surface area contributed by atoms with Gasteiger partial charge in [0, 0.05) is 20.1 Å². The third kappa shape index (κ3) is 6.20. The fraction of sp³-hybridized carbons (Fsp3) is 0.316. The smallest absolute Gasteiger partial charge is 0.191 e. The lowest BCUT2D eigenvalue weighted by molar-refractivity contribution is 0.310. The molecular formula is C19H25N3O2. The van der Waals surface area contributed by atoms with Gasteiger partial charge in [-0.25, -0.2) is 0 Å². The van der Waals surface area contributed by atoms with Crippen LogP contribution in [0.15, 0.2) is 59.6 Å². The molecule has 128 valence electrons. The lowest BCUT2D eigenvalue weighted by atomic mass is 10.2. The number of ether oxygens (including phenoxy) is 2. The van der Waals surface area contributed by atoms with Crippen LogP contribution in [-0.2, 0) is 6.54 Å². The van der Waals surface area contributed by atoms with Gasteiger partial charge in [-0.15, -0.1) is 0 Å². The minimum atomic E-state index is 0.648. The summed E-state index contributed by atoms with van der Waals surface area (Å²) in [6, 6.07) is 17.9. The third-order valence-electron chi connectivity index (χ3n) is 3.47. The minimum absolute atomic E-state index is 0.648. The molecule has 0 aromatic heterocycles. The molecule has 0 fully saturated rings. The van der Waals surface area contributed by atoms with E-state index in [1.165, 1.54) is 5.56 Å². The molecule has 2 N–H and O–H groups in total. The number of hydrogen-bond acceptors (Lipinski definition) is 3. The topological polar surface area (TPSA) is 54.9 Å². The van der Waals surface area contributed by atoms with Gasteiger partial charge < -0.3 is 20.1 Å².